The molecule has 2 atom stereocenters. The van der Waals surface area contributed by atoms with Gasteiger partial charge in [0.1, 0.15) is 0 Å². The molecule has 0 aromatic heterocycles. The van der Waals surface area contributed by atoms with Crippen LogP contribution in [0.3, 0.4) is 0 Å². The van der Waals surface area contributed by atoms with E-state index < -0.39 is 5.54 Å². The lowest BCUT2D eigenvalue weighted by Crippen LogP contribution is -2.57. The van der Waals surface area contributed by atoms with E-state index >= 15 is 0 Å². The Balaban J connectivity index is 1.49. The highest BCUT2D eigenvalue weighted by Gasteiger charge is 2.40. The van der Waals surface area contributed by atoms with Crippen molar-refractivity contribution in [3.63, 3.8) is 0 Å². The van der Waals surface area contributed by atoms with Gasteiger partial charge in [-0.2, -0.15) is 0 Å². The minimum Gasteiger partial charge on any atom is -0.340 e. The molecular formula is C22H34N4O2. The molecule has 3 N–H and O–H groups in total. The van der Waals surface area contributed by atoms with Crippen molar-refractivity contribution in [2.45, 2.75) is 52.0 Å². The number of nitrogens with two attached hydrogens (primary N) is 1. The predicted molar refractivity (Wildman–Crippen MR) is 112 cm³/mol. The Morgan fingerprint density at radius 2 is 1.89 bits per heavy atom. The first-order chi connectivity index (χ1) is 13.3. The van der Waals surface area contributed by atoms with Crippen LogP contribution in [0, 0.1) is 19.8 Å². The fraction of sp³-hybridized carbons (Fsp3) is 0.636. The maximum Gasteiger partial charge on any atom is 0.238 e. The fourth-order valence-electron chi connectivity index (χ4n) is 4.39. The van der Waals surface area contributed by atoms with E-state index in [1.165, 1.54) is 5.56 Å². The Labute approximate surface area is 168 Å². The lowest BCUT2D eigenvalue weighted by Gasteiger charge is -2.42. The second-order valence-electron chi connectivity index (χ2n) is 8.70. The summed E-state index contributed by atoms with van der Waals surface area (Å²) < 4.78 is 0. The van der Waals surface area contributed by atoms with Crippen molar-refractivity contribution in [1.29, 1.82) is 0 Å². The molecule has 3 rings (SSSR count). The van der Waals surface area contributed by atoms with Gasteiger partial charge in [0, 0.05) is 37.4 Å². The quantitative estimate of drug-likeness (QED) is 0.832. The van der Waals surface area contributed by atoms with E-state index in [-0.39, 0.29) is 17.7 Å². The average molecular weight is 387 g/mol. The number of benzene rings is 1. The monoisotopic (exact) mass is 386 g/mol. The summed E-state index contributed by atoms with van der Waals surface area (Å²) in [5.41, 5.74) is 9.16. The largest absolute Gasteiger partial charge is 0.340 e. The van der Waals surface area contributed by atoms with Gasteiger partial charge in [0.2, 0.25) is 11.8 Å². The first kappa shape index (κ1) is 20.8. The average Bonchev–Trinajstić information content (AvgIpc) is 2.65. The Morgan fingerprint density at radius 3 is 2.57 bits per heavy atom. The molecule has 1 aromatic rings. The van der Waals surface area contributed by atoms with Gasteiger partial charge in [-0.1, -0.05) is 25.0 Å². The number of rotatable bonds is 4. The van der Waals surface area contributed by atoms with Gasteiger partial charge < -0.3 is 16.0 Å². The van der Waals surface area contributed by atoms with E-state index in [0.29, 0.717) is 19.6 Å². The van der Waals surface area contributed by atoms with Crippen molar-refractivity contribution in [2.75, 3.05) is 38.0 Å². The zero-order valence-electron chi connectivity index (χ0n) is 17.5. The summed E-state index contributed by atoms with van der Waals surface area (Å²) in [7, 11) is 0. The molecule has 6 heteroatoms. The van der Waals surface area contributed by atoms with Crippen LogP contribution in [-0.2, 0) is 9.59 Å². The highest BCUT2D eigenvalue weighted by Crippen LogP contribution is 2.33. The predicted octanol–water partition coefficient (Wildman–Crippen LogP) is 2.29. The molecule has 1 saturated carbocycles. The van der Waals surface area contributed by atoms with Crippen molar-refractivity contribution in [2.24, 2.45) is 11.7 Å². The molecule has 2 fully saturated rings. The molecule has 1 heterocycles. The molecule has 1 aliphatic carbocycles. The van der Waals surface area contributed by atoms with Crippen molar-refractivity contribution < 1.29 is 9.59 Å². The Morgan fingerprint density at radius 1 is 1.18 bits per heavy atom. The third-order valence-corrected chi connectivity index (χ3v) is 6.48. The van der Waals surface area contributed by atoms with Crippen molar-refractivity contribution in [3.05, 3.63) is 29.3 Å². The summed E-state index contributed by atoms with van der Waals surface area (Å²) in [5, 5.41) is 3.02. The maximum absolute atomic E-state index is 13.0. The second-order valence-corrected chi connectivity index (χ2v) is 8.70. The molecule has 6 nitrogen and oxygen atoms in total. The van der Waals surface area contributed by atoms with Crippen LogP contribution in [0.2, 0.25) is 0 Å². The van der Waals surface area contributed by atoms with Crippen LogP contribution in [-0.4, -0.2) is 59.9 Å². The van der Waals surface area contributed by atoms with Crippen LogP contribution in [0.4, 0.5) is 5.69 Å². The molecule has 1 saturated heterocycles. The SMILES string of the molecule is Cc1cccc(NC(=O)CN2CCN(C(=O)C3CCCCC3(C)N)CC2)c1C. The van der Waals surface area contributed by atoms with Gasteiger partial charge in [-0.25, -0.2) is 0 Å². The Hall–Kier alpha value is -1.92. The van der Waals surface area contributed by atoms with Gasteiger partial charge in [-0.3, -0.25) is 14.5 Å². The number of aryl methyl sites for hydroxylation is 1. The number of carbonyl (C=O) groups excluding carboxylic acids is 2. The van der Waals surface area contributed by atoms with Crippen LogP contribution in [0.1, 0.15) is 43.7 Å². The Bertz CT molecular complexity index is 723. The molecule has 154 valence electrons. The summed E-state index contributed by atoms with van der Waals surface area (Å²) >= 11 is 0. The molecule has 0 spiro atoms. The molecule has 2 unspecified atom stereocenters. The lowest BCUT2D eigenvalue weighted by molar-refractivity contribution is -0.140. The van der Waals surface area contributed by atoms with Crippen LogP contribution >= 0.6 is 0 Å². The summed E-state index contributed by atoms with van der Waals surface area (Å²) in [6.45, 7) is 9.21. The zero-order chi connectivity index (χ0) is 20.3. The van der Waals surface area contributed by atoms with Gasteiger partial charge in [0.05, 0.1) is 12.5 Å². The van der Waals surface area contributed by atoms with Crippen LogP contribution < -0.4 is 11.1 Å². The number of hydrogen-bond donors (Lipinski definition) is 2. The number of anilines is 1. The second kappa shape index (κ2) is 8.62. The number of hydrogen-bond acceptors (Lipinski definition) is 4. The number of amides is 2. The van der Waals surface area contributed by atoms with Crippen molar-refractivity contribution >= 4 is 17.5 Å². The number of piperazine rings is 1. The molecule has 28 heavy (non-hydrogen) atoms. The van der Waals surface area contributed by atoms with Gasteiger partial charge in [0.15, 0.2) is 0 Å². The summed E-state index contributed by atoms with van der Waals surface area (Å²) in [6.07, 6.45) is 4.01. The zero-order valence-corrected chi connectivity index (χ0v) is 17.5. The van der Waals surface area contributed by atoms with E-state index in [9.17, 15) is 9.59 Å². The van der Waals surface area contributed by atoms with Gasteiger partial charge >= 0.3 is 0 Å². The maximum atomic E-state index is 13.0. The highest BCUT2D eigenvalue weighted by molar-refractivity contribution is 5.93. The van der Waals surface area contributed by atoms with Gasteiger partial charge in [-0.05, 0) is 50.8 Å². The van der Waals surface area contributed by atoms with E-state index in [1.54, 1.807) is 0 Å². The van der Waals surface area contributed by atoms with Crippen LogP contribution in [0.25, 0.3) is 0 Å². The van der Waals surface area contributed by atoms with Crippen LogP contribution in [0.5, 0.6) is 0 Å². The van der Waals surface area contributed by atoms with E-state index in [4.69, 9.17) is 5.73 Å². The minimum absolute atomic E-state index is 0.00436. The normalized spacial score (nSPS) is 26.1. The van der Waals surface area contributed by atoms with Crippen molar-refractivity contribution in [3.8, 4) is 0 Å². The molecular weight excluding hydrogens is 352 g/mol. The third kappa shape index (κ3) is 4.73. The lowest BCUT2D eigenvalue weighted by atomic mass is 9.74. The molecule has 2 amide bonds. The highest BCUT2D eigenvalue weighted by atomic mass is 16.2. The van der Waals surface area contributed by atoms with E-state index in [2.05, 4.69) is 10.2 Å². The smallest absolute Gasteiger partial charge is 0.238 e. The Kier molecular flexibility index (Phi) is 6.40. The summed E-state index contributed by atoms with van der Waals surface area (Å²) in [5.74, 6) is 0.125. The number of nitrogens with one attached hydrogen (secondary N) is 1. The topological polar surface area (TPSA) is 78.7 Å². The van der Waals surface area contributed by atoms with E-state index in [0.717, 1.165) is 50.0 Å². The first-order valence-corrected chi connectivity index (χ1v) is 10.4. The van der Waals surface area contributed by atoms with Gasteiger partial charge in [0.25, 0.3) is 0 Å². The molecule has 0 radical (unpaired) electrons. The number of carbonyl (C=O) groups is 2. The third-order valence-electron chi connectivity index (χ3n) is 6.48. The van der Waals surface area contributed by atoms with Crippen molar-refractivity contribution in [1.82, 2.24) is 9.80 Å². The molecule has 2 aliphatic rings. The van der Waals surface area contributed by atoms with Crippen LogP contribution in [0.15, 0.2) is 18.2 Å². The summed E-state index contributed by atoms with van der Waals surface area (Å²) in [6, 6.07) is 5.93. The first-order valence-electron chi connectivity index (χ1n) is 10.4. The molecule has 0 bridgehead atoms. The minimum atomic E-state index is -0.391. The molecule has 1 aliphatic heterocycles. The van der Waals surface area contributed by atoms with E-state index in [1.807, 2.05) is 43.9 Å². The standard InChI is InChI=1S/C22H34N4O2/c1-16-7-6-9-19(17(16)2)24-20(27)15-25-11-13-26(14-12-25)21(28)18-8-4-5-10-22(18,3)23/h6-7,9,18H,4-5,8,10-15,23H2,1-3H3,(H,24,27). The number of nitrogens with zero attached hydrogens (tertiary/aromatic N) is 2. The van der Waals surface area contributed by atoms with Gasteiger partial charge in [-0.15, -0.1) is 0 Å². The molecule has 1 aromatic carbocycles. The summed E-state index contributed by atoms with van der Waals surface area (Å²) in [4.78, 5) is 29.5. The fourth-order valence-corrected chi connectivity index (χ4v) is 4.39.